The molecule has 0 aliphatic carbocycles. The van der Waals surface area contributed by atoms with Crippen molar-refractivity contribution < 1.29 is 17.9 Å². The second-order valence-corrected chi connectivity index (χ2v) is 6.03. The molecule has 2 N–H and O–H groups in total. The largest absolute Gasteiger partial charge is 0.486 e. The van der Waals surface area contributed by atoms with Gasteiger partial charge in [-0.1, -0.05) is 0 Å². The van der Waals surface area contributed by atoms with E-state index >= 15 is 0 Å². The summed E-state index contributed by atoms with van der Waals surface area (Å²) in [6, 6.07) is 7.01. The van der Waals surface area contributed by atoms with Crippen molar-refractivity contribution in [3.05, 3.63) is 46.9 Å². The fraction of sp³-hybridized carbons (Fsp3) is 0.154. The van der Waals surface area contributed by atoms with Gasteiger partial charge in [-0.25, -0.2) is 8.42 Å². The Kier molecular flexibility index (Phi) is 3.30. The van der Waals surface area contributed by atoms with E-state index in [0.29, 0.717) is 24.7 Å². The maximum absolute atomic E-state index is 12.3. The Labute approximate surface area is 120 Å². The Bertz CT molecular complexity index is 808. The van der Waals surface area contributed by atoms with Crippen LogP contribution >= 0.6 is 0 Å². The summed E-state index contributed by atoms with van der Waals surface area (Å²) in [5, 5.41) is 0. The first kappa shape index (κ1) is 13.5. The highest BCUT2D eigenvalue weighted by Gasteiger charge is 2.19. The second kappa shape index (κ2) is 5.13. The number of H-pyrrole nitrogens is 1. The maximum Gasteiger partial charge on any atom is 0.262 e. The quantitative estimate of drug-likeness (QED) is 0.879. The highest BCUT2D eigenvalue weighted by Crippen LogP contribution is 2.32. The Balaban J connectivity index is 1.91. The first-order chi connectivity index (χ1) is 10.0. The van der Waals surface area contributed by atoms with Crippen molar-refractivity contribution in [3.8, 4) is 11.5 Å². The first-order valence-corrected chi connectivity index (χ1v) is 7.64. The highest BCUT2D eigenvalue weighted by atomic mass is 32.2. The molecule has 2 aromatic rings. The molecule has 1 aromatic heterocycles. The highest BCUT2D eigenvalue weighted by molar-refractivity contribution is 7.92. The lowest BCUT2D eigenvalue weighted by atomic mass is 10.3. The molecule has 0 saturated heterocycles. The van der Waals surface area contributed by atoms with Gasteiger partial charge in [0.15, 0.2) is 11.5 Å². The van der Waals surface area contributed by atoms with Crippen LogP contribution in [0.1, 0.15) is 0 Å². The molecular formula is C13H12N2O5S. The molecule has 7 nitrogen and oxygen atoms in total. The van der Waals surface area contributed by atoms with Crippen molar-refractivity contribution in [2.75, 3.05) is 17.9 Å². The average Bonchev–Trinajstić information content (AvgIpc) is 2.49. The number of anilines is 1. The third kappa shape index (κ3) is 2.84. The summed E-state index contributed by atoms with van der Waals surface area (Å²) >= 11 is 0. The van der Waals surface area contributed by atoms with E-state index in [1.165, 1.54) is 30.5 Å². The SMILES string of the molecule is O=c1ccc(NS(=O)(=O)c2ccc3c(c2)OCCO3)c[nH]1. The number of ether oxygens (including phenoxy) is 2. The molecule has 0 unspecified atom stereocenters. The lowest BCUT2D eigenvalue weighted by molar-refractivity contribution is 0.171. The zero-order valence-electron chi connectivity index (χ0n) is 10.8. The van der Waals surface area contributed by atoms with Crippen LogP contribution in [0, 0.1) is 0 Å². The van der Waals surface area contributed by atoms with Crippen LogP contribution in [0.5, 0.6) is 11.5 Å². The van der Waals surface area contributed by atoms with Crippen molar-refractivity contribution >= 4 is 15.7 Å². The van der Waals surface area contributed by atoms with E-state index in [1.54, 1.807) is 6.07 Å². The number of fused-ring (bicyclic) bond motifs is 1. The predicted molar refractivity (Wildman–Crippen MR) is 75.3 cm³/mol. The van der Waals surface area contributed by atoms with Gasteiger partial charge in [-0.15, -0.1) is 0 Å². The summed E-state index contributed by atoms with van der Waals surface area (Å²) in [7, 11) is -3.77. The van der Waals surface area contributed by atoms with Gasteiger partial charge in [-0.2, -0.15) is 0 Å². The molecule has 3 rings (SSSR count). The van der Waals surface area contributed by atoms with E-state index in [0.717, 1.165) is 0 Å². The number of pyridine rings is 1. The molecule has 21 heavy (non-hydrogen) atoms. The van der Waals surface area contributed by atoms with Crippen molar-refractivity contribution in [1.29, 1.82) is 0 Å². The average molecular weight is 308 g/mol. The van der Waals surface area contributed by atoms with Gasteiger partial charge in [0.1, 0.15) is 13.2 Å². The molecule has 0 fully saturated rings. The Hall–Kier alpha value is -2.48. The summed E-state index contributed by atoms with van der Waals surface area (Å²) in [4.78, 5) is 13.4. The lowest BCUT2D eigenvalue weighted by Crippen LogP contribution is -2.17. The number of sulfonamides is 1. The smallest absolute Gasteiger partial charge is 0.262 e. The van der Waals surface area contributed by atoms with E-state index in [-0.39, 0.29) is 16.1 Å². The molecule has 1 aliphatic rings. The normalized spacial score (nSPS) is 13.7. The predicted octanol–water partition coefficient (Wildman–Crippen LogP) is 0.947. The monoisotopic (exact) mass is 308 g/mol. The van der Waals surface area contributed by atoms with Crippen molar-refractivity contribution in [1.82, 2.24) is 4.98 Å². The Morgan fingerprint density at radius 3 is 2.52 bits per heavy atom. The fourth-order valence-corrected chi connectivity index (χ4v) is 2.94. The van der Waals surface area contributed by atoms with Gasteiger partial charge in [0, 0.05) is 18.3 Å². The van der Waals surface area contributed by atoms with E-state index < -0.39 is 10.0 Å². The van der Waals surface area contributed by atoms with Crippen LogP contribution in [0.15, 0.2) is 46.2 Å². The first-order valence-electron chi connectivity index (χ1n) is 6.16. The third-order valence-electron chi connectivity index (χ3n) is 2.86. The number of hydrogen-bond acceptors (Lipinski definition) is 5. The van der Waals surface area contributed by atoms with Crippen LogP contribution < -0.4 is 19.8 Å². The van der Waals surface area contributed by atoms with Crippen LogP contribution in [-0.2, 0) is 10.0 Å². The van der Waals surface area contributed by atoms with Crippen molar-refractivity contribution in [2.24, 2.45) is 0 Å². The van der Waals surface area contributed by atoms with Crippen molar-refractivity contribution in [2.45, 2.75) is 4.90 Å². The van der Waals surface area contributed by atoms with Crippen LogP contribution in [0.4, 0.5) is 5.69 Å². The van der Waals surface area contributed by atoms with Crippen LogP contribution in [0.3, 0.4) is 0 Å². The molecule has 0 radical (unpaired) electrons. The third-order valence-corrected chi connectivity index (χ3v) is 4.24. The molecule has 1 aromatic carbocycles. The van der Waals surface area contributed by atoms with Gasteiger partial charge in [0.2, 0.25) is 5.56 Å². The molecule has 0 bridgehead atoms. The number of aromatic nitrogens is 1. The number of hydrogen-bond donors (Lipinski definition) is 2. The molecule has 110 valence electrons. The summed E-state index contributed by atoms with van der Waals surface area (Å²) in [6.07, 6.45) is 1.29. The van der Waals surface area contributed by atoms with E-state index in [1.807, 2.05) is 0 Å². The Morgan fingerprint density at radius 1 is 1.05 bits per heavy atom. The molecule has 0 amide bonds. The van der Waals surface area contributed by atoms with Gasteiger partial charge in [0.25, 0.3) is 10.0 Å². The van der Waals surface area contributed by atoms with Crippen LogP contribution in [0.2, 0.25) is 0 Å². The Morgan fingerprint density at radius 2 is 1.81 bits per heavy atom. The van der Waals surface area contributed by atoms with Crippen LogP contribution in [-0.4, -0.2) is 26.6 Å². The molecular weight excluding hydrogens is 296 g/mol. The van der Waals surface area contributed by atoms with Gasteiger partial charge in [-0.05, 0) is 18.2 Å². The van der Waals surface area contributed by atoms with E-state index in [4.69, 9.17) is 9.47 Å². The molecule has 2 heterocycles. The van der Waals surface area contributed by atoms with Gasteiger partial charge in [-0.3, -0.25) is 9.52 Å². The van der Waals surface area contributed by atoms with Gasteiger partial charge in [0.05, 0.1) is 10.6 Å². The number of nitrogens with one attached hydrogen (secondary N) is 2. The minimum absolute atomic E-state index is 0.0537. The summed E-state index contributed by atoms with van der Waals surface area (Å²) in [6.45, 7) is 0.818. The lowest BCUT2D eigenvalue weighted by Gasteiger charge is -2.19. The fourth-order valence-electron chi connectivity index (χ4n) is 1.88. The van der Waals surface area contributed by atoms with E-state index in [2.05, 4.69) is 9.71 Å². The molecule has 0 saturated carbocycles. The second-order valence-electron chi connectivity index (χ2n) is 4.35. The van der Waals surface area contributed by atoms with Gasteiger partial charge < -0.3 is 14.5 Å². The summed E-state index contributed by atoms with van der Waals surface area (Å²) in [5.41, 5.74) is -0.0400. The summed E-state index contributed by atoms with van der Waals surface area (Å²) < 4.78 is 37.6. The number of aromatic amines is 1. The molecule has 0 atom stereocenters. The standard InChI is InChI=1S/C13H12N2O5S/c16-13-4-1-9(8-14-13)15-21(17,18)10-2-3-11-12(7-10)20-6-5-19-11/h1-4,7-8,15H,5-6H2,(H,14,16). The van der Waals surface area contributed by atoms with Crippen molar-refractivity contribution in [3.63, 3.8) is 0 Å². The van der Waals surface area contributed by atoms with Crippen LogP contribution in [0.25, 0.3) is 0 Å². The molecule has 1 aliphatic heterocycles. The molecule has 8 heteroatoms. The minimum atomic E-state index is -3.77. The van der Waals surface area contributed by atoms with Gasteiger partial charge >= 0.3 is 0 Å². The zero-order chi connectivity index (χ0) is 14.9. The van der Waals surface area contributed by atoms with E-state index in [9.17, 15) is 13.2 Å². The zero-order valence-corrected chi connectivity index (χ0v) is 11.6. The number of rotatable bonds is 3. The summed E-state index contributed by atoms with van der Waals surface area (Å²) in [5.74, 6) is 0.912. The maximum atomic E-state index is 12.3. The minimum Gasteiger partial charge on any atom is -0.486 e. The number of benzene rings is 1. The molecule has 0 spiro atoms. The topological polar surface area (TPSA) is 97.5 Å².